The van der Waals surface area contributed by atoms with Crippen LogP contribution < -0.4 is 4.90 Å². The number of rotatable bonds is 9. The number of benzene rings is 10. The quantitative estimate of drug-likeness (QED) is 0.141. The predicted octanol–water partition coefficient (Wildman–Crippen LogP) is 16.6. The summed E-state index contributed by atoms with van der Waals surface area (Å²) in [4.78, 5) is 2.41. The van der Waals surface area contributed by atoms with Crippen molar-refractivity contribution in [2.45, 2.75) is 0 Å². The van der Waals surface area contributed by atoms with Crippen LogP contribution in [-0.2, 0) is 0 Å². The van der Waals surface area contributed by atoms with Gasteiger partial charge in [-0.25, -0.2) is 0 Å². The van der Waals surface area contributed by atoms with E-state index in [9.17, 15) is 0 Å². The Hall–Kier alpha value is -8.20. The second kappa shape index (κ2) is 16.1. The maximum atomic E-state index is 2.41. The SMILES string of the molecule is c1ccc(-c2ccc(N(c3ccc(-c4ccccc4)cc3)c3ccccc3-c3ccc(-c4ccccc4)cc3-c3ccc4c5ccccc5n(-c5ccccc5)c4c3)cc2)cc1. The Morgan fingerprint density at radius 2 is 0.710 bits per heavy atom. The van der Waals surface area contributed by atoms with Gasteiger partial charge >= 0.3 is 0 Å². The first-order valence-electron chi connectivity index (χ1n) is 21.3. The van der Waals surface area contributed by atoms with Gasteiger partial charge in [-0.15, -0.1) is 0 Å². The molecule has 0 bridgehead atoms. The van der Waals surface area contributed by atoms with Crippen LogP contribution in [0.4, 0.5) is 17.1 Å². The van der Waals surface area contributed by atoms with Crippen LogP contribution in [0.15, 0.2) is 255 Å². The fraction of sp³-hybridized carbons (Fsp3) is 0. The fourth-order valence-corrected chi connectivity index (χ4v) is 9.01. The minimum Gasteiger partial charge on any atom is -0.310 e. The summed E-state index contributed by atoms with van der Waals surface area (Å²) in [5, 5.41) is 2.48. The summed E-state index contributed by atoms with van der Waals surface area (Å²) in [6, 6.07) is 92.2. The van der Waals surface area contributed by atoms with Gasteiger partial charge in [0.2, 0.25) is 0 Å². The number of fused-ring (bicyclic) bond motifs is 3. The molecule has 0 amide bonds. The summed E-state index contributed by atoms with van der Waals surface area (Å²) in [7, 11) is 0. The van der Waals surface area contributed by atoms with Crippen LogP contribution >= 0.6 is 0 Å². The van der Waals surface area contributed by atoms with Crippen LogP contribution in [0.2, 0.25) is 0 Å². The maximum absolute atomic E-state index is 2.41. The molecule has 0 N–H and O–H groups in total. The summed E-state index contributed by atoms with van der Waals surface area (Å²) in [5.41, 5.74) is 18.5. The van der Waals surface area contributed by atoms with Gasteiger partial charge in [0.05, 0.1) is 16.7 Å². The lowest BCUT2D eigenvalue weighted by atomic mass is 9.89. The van der Waals surface area contributed by atoms with Crippen LogP contribution in [0.25, 0.3) is 83.1 Å². The number of hydrogen-bond acceptors (Lipinski definition) is 1. The van der Waals surface area contributed by atoms with E-state index < -0.39 is 0 Å². The first kappa shape index (κ1) is 36.8. The number of anilines is 3. The Bertz CT molecular complexity index is 3210. The number of nitrogens with zero attached hydrogens (tertiary/aromatic N) is 2. The highest BCUT2D eigenvalue weighted by Crippen LogP contribution is 2.46. The van der Waals surface area contributed by atoms with Gasteiger partial charge in [-0.2, -0.15) is 0 Å². The molecule has 0 unspecified atom stereocenters. The first-order valence-corrected chi connectivity index (χ1v) is 21.3. The van der Waals surface area contributed by atoms with Crippen molar-refractivity contribution >= 4 is 38.9 Å². The summed E-state index contributed by atoms with van der Waals surface area (Å²) >= 11 is 0. The topological polar surface area (TPSA) is 8.17 Å². The van der Waals surface area contributed by atoms with E-state index >= 15 is 0 Å². The minimum atomic E-state index is 1.08. The molecule has 10 aromatic carbocycles. The normalized spacial score (nSPS) is 11.2. The summed E-state index contributed by atoms with van der Waals surface area (Å²) < 4.78 is 2.41. The van der Waals surface area contributed by atoms with E-state index in [1.165, 1.54) is 60.8 Å². The third-order valence-electron chi connectivity index (χ3n) is 12.0. The van der Waals surface area contributed by atoms with Crippen molar-refractivity contribution in [1.29, 1.82) is 0 Å². The third kappa shape index (κ3) is 6.84. The summed E-state index contributed by atoms with van der Waals surface area (Å²) in [6.45, 7) is 0. The molecule has 0 aliphatic heterocycles. The zero-order valence-corrected chi connectivity index (χ0v) is 34.1. The lowest BCUT2D eigenvalue weighted by Gasteiger charge is -2.29. The molecule has 0 atom stereocenters. The highest BCUT2D eigenvalue weighted by Gasteiger charge is 2.21. The standard InChI is InChI=1S/C60H42N2/c1-5-17-43(18-6-1)46-29-35-51(36-30-46)61(52-37-31-47(32-38-52)44-19-7-2-8-20-44)58-27-15-13-25-54(58)53-39-33-48(45-21-9-3-10-22-45)41-57(53)49-34-40-56-55-26-14-16-28-59(55)62(60(56)42-49)50-23-11-4-12-24-50/h1-42H. The van der Waals surface area contributed by atoms with Gasteiger partial charge in [-0.1, -0.05) is 194 Å². The molecule has 0 radical (unpaired) electrons. The molecule has 11 rings (SSSR count). The number of aromatic nitrogens is 1. The molecule has 0 saturated carbocycles. The molecule has 2 nitrogen and oxygen atoms in total. The van der Waals surface area contributed by atoms with Gasteiger partial charge < -0.3 is 9.47 Å². The van der Waals surface area contributed by atoms with Crippen LogP contribution in [-0.4, -0.2) is 4.57 Å². The van der Waals surface area contributed by atoms with Crippen LogP contribution in [0.5, 0.6) is 0 Å². The Kier molecular flexibility index (Phi) is 9.57. The van der Waals surface area contributed by atoms with Crippen molar-refractivity contribution in [3.05, 3.63) is 255 Å². The molecular weight excluding hydrogens is 749 g/mol. The van der Waals surface area contributed by atoms with Crippen molar-refractivity contribution < 1.29 is 0 Å². The van der Waals surface area contributed by atoms with Gasteiger partial charge in [0, 0.05) is 33.4 Å². The van der Waals surface area contributed by atoms with Gasteiger partial charge in [-0.05, 0) is 111 Å². The molecule has 2 heteroatoms. The van der Waals surface area contributed by atoms with Gasteiger partial charge in [0.25, 0.3) is 0 Å². The Morgan fingerprint density at radius 1 is 0.258 bits per heavy atom. The smallest absolute Gasteiger partial charge is 0.0547 e. The highest BCUT2D eigenvalue weighted by molar-refractivity contribution is 6.11. The van der Waals surface area contributed by atoms with E-state index in [1.54, 1.807) is 0 Å². The molecule has 11 aromatic rings. The Morgan fingerprint density at radius 3 is 1.32 bits per heavy atom. The minimum absolute atomic E-state index is 1.08. The summed E-state index contributed by atoms with van der Waals surface area (Å²) in [6.07, 6.45) is 0. The lowest BCUT2D eigenvalue weighted by molar-refractivity contribution is 1.18. The predicted molar refractivity (Wildman–Crippen MR) is 263 cm³/mol. The molecule has 292 valence electrons. The largest absolute Gasteiger partial charge is 0.310 e. The van der Waals surface area contributed by atoms with Crippen molar-refractivity contribution in [3.8, 4) is 61.3 Å². The second-order valence-corrected chi connectivity index (χ2v) is 15.7. The average Bonchev–Trinajstić information content (AvgIpc) is 3.69. The van der Waals surface area contributed by atoms with Crippen molar-refractivity contribution in [2.24, 2.45) is 0 Å². The fourth-order valence-electron chi connectivity index (χ4n) is 9.01. The van der Waals surface area contributed by atoms with Crippen LogP contribution in [0.1, 0.15) is 0 Å². The number of hydrogen-bond donors (Lipinski definition) is 0. The summed E-state index contributed by atoms with van der Waals surface area (Å²) in [5.74, 6) is 0. The van der Waals surface area contributed by atoms with Crippen molar-refractivity contribution in [2.75, 3.05) is 4.90 Å². The van der Waals surface area contributed by atoms with E-state index in [0.29, 0.717) is 0 Å². The Labute approximate surface area is 362 Å². The molecule has 0 aliphatic rings. The van der Waals surface area contributed by atoms with Crippen LogP contribution in [0.3, 0.4) is 0 Å². The Balaban J connectivity index is 1.12. The zero-order valence-electron chi connectivity index (χ0n) is 34.1. The highest BCUT2D eigenvalue weighted by atomic mass is 15.1. The van der Waals surface area contributed by atoms with Gasteiger partial charge in [0.1, 0.15) is 0 Å². The van der Waals surface area contributed by atoms with Crippen molar-refractivity contribution in [1.82, 2.24) is 4.57 Å². The molecule has 0 saturated heterocycles. The van der Waals surface area contributed by atoms with Gasteiger partial charge in [-0.3, -0.25) is 0 Å². The molecule has 0 spiro atoms. The van der Waals surface area contributed by atoms with E-state index in [4.69, 9.17) is 0 Å². The molecule has 0 fully saturated rings. The lowest BCUT2D eigenvalue weighted by Crippen LogP contribution is -2.11. The second-order valence-electron chi connectivity index (χ2n) is 15.7. The third-order valence-corrected chi connectivity index (χ3v) is 12.0. The molecular formula is C60H42N2. The van der Waals surface area contributed by atoms with Crippen LogP contribution in [0, 0.1) is 0 Å². The van der Waals surface area contributed by atoms with Crippen molar-refractivity contribution in [3.63, 3.8) is 0 Å². The average molecular weight is 791 g/mol. The van der Waals surface area contributed by atoms with E-state index in [-0.39, 0.29) is 0 Å². The van der Waals surface area contributed by atoms with E-state index in [2.05, 4.69) is 264 Å². The molecule has 0 aliphatic carbocycles. The zero-order chi connectivity index (χ0) is 41.2. The molecule has 1 aromatic heterocycles. The molecule has 62 heavy (non-hydrogen) atoms. The molecule has 1 heterocycles. The van der Waals surface area contributed by atoms with E-state index in [0.717, 1.165) is 39.4 Å². The first-order chi connectivity index (χ1) is 30.8. The van der Waals surface area contributed by atoms with E-state index in [1.807, 2.05) is 0 Å². The van der Waals surface area contributed by atoms with Gasteiger partial charge in [0.15, 0.2) is 0 Å². The monoisotopic (exact) mass is 790 g/mol. The maximum Gasteiger partial charge on any atom is 0.0547 e. The number of para-hydroxylation sites is 3.